The molecule has 1 aromatic carbocycles. The number of hydrogen-bond donors (Lipinski definition) is 2. The molecule has 0 aliphatic rings. The van der Waals surface area contributed by atoms with E-state index in [1.165, 1.54) is 12.3 Å². The number of carbonyl (C=O) groups excluding carboxylic acids is 1. The lowest BCUT2D eigenvalue weighted by Gasteiger charge is -2.22. The number of hydrogen-bond acceptors (Lipinski definition) is 3. The van der Waals surface area contributed by atoms with E-state index in [1.54, 1.807) is 43.9 Å². The fourth-order valence-corrected chi connectivity index (χ4v) is 1.97. The molecule has 5 nitrogen and oxygen atoms in total. The minimum Gasteiger partial charge on any atom is -0.383 e. The van der Waals surface area contributed by atoms with Gasteiger partial charge in [-0.1, -0.05) is 12.1 Å². The second-order valence-corrected chi connectivity index (χ2v) is 5.30. The number of benzene rings is 1. The summed E-state index contributed by atoms with van der Waals surface area (Å²) in [5, 5.41) is 16.9. The molecule has 0 bridgehead atoms. The Morgan fingerprint density at radius 1 is 1.52 bits per heavy atom. The van der Waals surface area contributed by atoms with Gasteiger partial charge in [-0.2, -0.15) is 5.10 Å². The Labute approximate surface area is 122 Å². The van der Waals surface area contributed by atoms with E-state index in [-0.39, 0.29) is 12.1 Å². The molecule has 1 amide bonds. The van der Waals surface area contributed by atoms with Crippen LogP contribution in [-0.4, -0.2) is 27.3 Å². The lowest BCUT2D eigenvalue weighted by Crippen LogP contribution is -2.38. The topological polar surface area (TPSA) is 67.2 Å². The predicted molar refractivity (Wildman–Crippen MR) is 76.2 cm³/mol. The maximum absolute atomic E-state index is 13.9. The van der Waals surface area contributed by atoms with Crippen LogP contribution in [0.1, 0.15) is 28.4 Å². The largest absolute Gasteiger partial charge is 0.383 e. The molecule has 0 fully saturated rings. The first-order chi connectivity index (χ1) is 9.81. The maximum Gasteiger partial charge on any atom is 0.254 e. The predicted octanol–water partition coefficient (Wildman–Crippen LogP) is 1.51. The van der Waals surface area contributed by atoms with Gasteiger partial charge in [-0.05, 0) is 25.5 Å². The van der Waals surface area contributed by atoms with Crippen molar-refractivity contribution < 1.29 is 14.3 Å². The molecule has 2 aromatic rings. The second kappa shape index (κ2) is 5.65. The van der Waals surface area contributed by atoms with Crippen LogP contribution >= 0.6 is 0 Å². The van der Waals surface area contributed by atoms with Crippen LogP contribution in [-0.2, 0) is 12.6 Å². The fourth-order valence-electron chi connectivity index (χ4n) is 1.97. The standard InChI is InChI=1S/C15H18FN3O2/c1-10-5-4-6-12(13(10)16)14(20)17-9-15(2,21)11-7-18-19(3)8-11/h4-8,21H,9H2,1-3H3,(H,17,20). The Hall–Kier alpha value is -2.21. The molecule has 0 radical (unpaired) electrons. The number of rotatable bonds is 4. The first-order valence-corrected chi connectivity index (χ1v) is 6.56. The number of halogens is 1. The van der Waals surface area contributed by atoms with E-state index in [0.717, 1.165) is 0 Å². The van der Waals surface area contributed by atoms with Crippen molar-refractivity contribution in [3.63, 3.8) is 0 Å². The quantitative estimate of drug-likeness (QED) is 0.897. The first-order valence-electron chi connectivity index (χ1n) is 6.56. The van der Waals surface area contributed by atoms with Crippen molar-refractivity contribution in [3.05, 3.63) is 53.1 Å². The van der Waals surface area contributed by atoms with E-state index in [1.807, 2.05) is 0 Å². The van der Waals surface area contributed by atoms with E-state index < -0.39 is 17.3 Å². The van der Waals surface area contributed by atoms with Gasteiger partial charge in [-0.15, -0.1) is 0 Å². The van der Waals surface area contributed by atoms with Gasteiger partial charge in [-0.25, -0.2) is 4.39 Å². The van der Waals surface area contributed by atoms with Gasteiger partial charge in [0.2, 0.25) is 0 Å². The average molecular weight is 291 g/mol. The van der Waals surface area contributed by atoms with Crippen LogP contribution < -0.4 is 5.32 Å². The van der Waals surface area contributed by atoms with Crippen molar-refractivity contribution in [2.45, 2.75) is 19.4 Å². The third-order valence-electron chi connectivity index (χ3n) is 3.36. The Morgan fingerprint density at radius 2 is 2.24 bits per heavy atom. The molecule has 0 saturated heterocycles. The van der Waals surface area contributed by atoms with Crippen molar-refractivity contribution in [2.75, 3.05) is 6.54 Å². The van der Waals surface area contributed by atoms with Gasteiger partial charge >= 0.3 is 0 Å². The first kappa shape index (κ1) is 15.2. The minimum atomic E-state index is -1.27. The summed E-state index contributed by atoms with van der Waals surface area (Å²) < 4.78 is 15.4. The average Bonchev–Trinajstić information content (AvgIpc) is 2.87. The number of nitrogens with zero attached hydrogens (tertiary/aromatic N) is 2. The van der Waals surface area contributed by atoms with Crippen LogP contribution in [0.25, 0.3) is 0 Å². The molecular weight excluding hydrogens is 273 g/mol. The van der Waals surface area contributed by atoms with Crippen molar-refractivity contribution in [1.82, 2.24) is 15.1 Å². The van der Waals surface area contributed by atoms with Gasteiger partial charge < -0.3 is 10.4 Å². The third kappa shape index (κ3) is 3.28. The fraction of sp³-hybridized carbons (Fsp3) is 0.333. The highest BCUT2D eigenvalue weighted by Gasteiger charge is 2.26. The van der Waals surface area contributed by atoms with Gasteiger partial charge in [0, 0.05) is 18.8 Å². The molecule has 0 saturated carbocycles. The summed E-state index contributed by atoms with van der Waals surface area (Å²) in [4.78, 5) is 12.0. The molecular formula is C15H18FN3O2. The van der Waals surface area contributed by atoms with Gasteiger partial charge in [0.05, 0.1) is 18.3 Å². The lowest BCUT2D eigenvalue weighted by molar-refractivity contribution is 0.0524. The number of carbonyl (C=O) groups is 1. The zero-order chi connectivity index (χ0) is 15.6. The van der Waals surface area contributed by atoms with Crippen molar-refractivity contribution in [1.29, 1.82) is 0 Å². The van der Waals surface area contributed by atoms with E-state index in [0.29, 0.717) is 11.1 Å². The van der Waals surface area contributed by atoms with Gasteiger partial charge in [-0.3, -0.25) is 9.48 Å². The lowest BCUT2D eigenvalue weighted by atomic mass is 9.99. The molecule has 1 heterocycles. The Bertz CT molecular complexity index is 665. The number of nitrogens with one attached hydrogen (secondary N) is 1. The molecule has 21 heavy (non-hydrogen) atoms. The highest BCUT2D eigenvalue weighted by atomic mass is 19.1. The summed E-state index contributed by atoms with van der Waals surface area (Å²) in [6.07, 6.45) is 3.19. The summed E-state index contributed by atoms with van der Waals surface area (Å²) in [7, 11) is 1.74. The smallest absolute Gasteiger partial charge is 0.254 e. The number of amides is 1. The van der Waals surface area contributed by atoms with Crippen LogP contribution in [0, 0.1) is 12.7 Å². The molecule has 112 valence electrons. The summed E-state index contributed by atoms with van der Waals surface area (Å²) in [6.45, 7) is 3.12. The van der Waals surface area contributed by atoms with Gasteiger partial charge in [0.15, 0.2) is 0 Å². The van der Waals surface area contributed by atoms with Crippen molar-refractivity contribution in [2.24, 2.45) is 7.05 Å². The van der Waals surface area contributed by atoms with Crippen LogP contribution in [0.15, 0.2) is 30.6 Å². The highest BCUT2D eigenvalue weighted by molar-refractivity contribution is 5.94. The van der Waals surface area contributed by atoms with E-state index in [9.17, 15) is 14.3 Å². The summed E-state index contributed by atoms with van der Waals surface area (Å²) >= 11 is 0. The number of aromatic nitrogens is 2. The Balaban J connectivity index is 2.09. The molecule has 2 rings (SSSR count). The van der Waals surface area contributed by atoms with Crippen molar-refractivity contribution >= 4 is 5.91 Å². The van der Waals surface area contributed by atoms with Crippen LogP contribution in [0.3, 0.4) is 0 Å². The third-order valence-corrected chi connectivity index (χ3v) is 3.36. The monoisotopic (exact) mass is 291 g/mol. The summed E-state index contributed by atoms with van der Waals surface area (Å²) in [5.74, 6) is -1.10. The molecule has 1 unspecified atom stereocenters. The Kier molecular flexibility index (Phi) is 4.09. The van der Waals surface area contributed by atoms with Crippen LogP contribution in [0.5, 0.6) is 0 Å². The Morgan fingerprint density at radius 3 is 2.86 bits per heavy atom. The molecule has 1 atom stereocenters. The SMILES string of the molecule is Cc1cccc(C(=O)NCC(C)(O)c2cnn(C)c2)c1F. The number of aryl methyl sites for hydroxylation is 2. The zero-order valence-electron chi connectivity index (χ0n) is 12.2. The maximum atomic E-state index is 13.9. The molecule has 6 heteroatoms. The van der Waals surface area contributed by atoms with E-state index in [2.05, 4.69) is 10.4 Å². The normalized spacial score (nSPS) is 13.8. The highest BCUT2D eigenvalue weighted by Crippen LogP contribution is 2.19. The minimum absolute atomic E-state index is 0.0306. The summed E-state index contributed by atoms with van der Waals surface area (Å²) in [6, 6.07) is 4.63. The van der Waals surface area contributed by atoms with Crippen LogP contribution in [0.2, 0.25) is 0 Å². The molecule has 0 aliphatic heterocycles. The van der Waals surface area contributed by atoms with Crippen molar-refractivity contribution in [3.8, 4) is 0 Å². The second-order valence-electron chi connectivity index (χ2n) is 5.30. The summed E-state index contributed by atoms with van der Waals surface area (Å²) in [5.41, 5.74) is -0.321. The van der Waals surface area contributed by atoms with Gasteiger partial charge in [0.1, 0.15) is 11.4 Å². The van der Waals surface area contributed by atoms with Crippen LogP contribution in [0.4, 0.5) is 4.39 Å². The molecule has 0 aliphatic carbocycles. The number of aliphatic hydroxyl groups is 1. The van der Waals surface area contributed by atoms with Gasteiger partial charge in [0.25, 0.3) is 5.91 Å². The molecule has 1 aromatic heterocycles. The van der Waals surface area contributed by atoms with E-state index in [4.69, 9.17) is 0 Å². The molecule has 2 N–H and O–H groups in total. The molecule has 0 spiro atoms. The zero-order valence-corrected chi connectivity index (χ0v) is 12.2. The van der Waals surface area contributed by atoms with E-state index >= 15 is 0 Å².